The van der Waals surface area contributed by atoms with Crippen LogP contribution in [0.15, 0.2) is 63.6 Å². The van der Waals surface area contributed by atoms with Gasteiger partial charge in [-0.3, -0.25) is 4.79 Å². The number of aldehydes is 1. The van der Waals surface area contributed by atoms with E-state index < -0.39 is 0 Å². The van der Waals surface area contributed by atoms with Gasteiger partial charge in [-0.05, 0) is 43.7 Å². The summed E-state index contributed by atoms with van der Waals surface area (Å²) in [6, 6.07) is 15.1. The number of unbranched alkanes of at least 4 members (excludes halogenated alkanes) is 2. The number of hydrogen-bond donors (Lipinski definition) is 1. The van der Waals surface area contributed by atoms with E-state index in [-0.39, 0.29) is 12.1 Å². The van der Waals surface area contributed by atoms with Crippen LogP contribution in [0.2, 0.25) is 0 Å². The van der Waals surface area contributed by atoms with E-state index in [0.29, 0.717) is 22.3 Å². The molecule has 3 rings (SSSR count). The van der Waals surface area contributed by atoms with Crippen molar-refractivity contribution >= 4 is 29.9 Å². The molecule has 0 fully saturated rings. The van der Waals surface area contributed by atoms with Gasteiger partial charge in [0.15, 0.2) is 0 Å². The van der Waals surface area contributed by atoms with Gasteiger partial charge in [-0.25, -0.2) is 0 Å². The van der Waals surface area contributed by atoms with Gasteiger partial charge >= 0.3 is 0 Å². The molecule has 0 amide bonds. The molecule has 0 bridgehead atoms. The Morgan fingerprint density at radius 2 is 1.68 bits per heavy atom. The second-order valence-electron chi connectivity index (χ2n) is 8.11. The van der Waals surface area contributed by atoms with Crippen LogP contribution in [0.3, 0.4) is 0 Å². The molecule has 2 aromatic rings. The van der Waals surface area contributed by atoms with E-state index in [1.807, 2.05) is 20.9 Å². The first-order valence-corrected chi connectivity index (χ1v) is 13.0. The molecule has 0 saturated heterocycles. The van der Waals surface area contributed by atoms with E-state index in [2.05, 4.69) is 60.6 Å². The number of halogens is 1. The van der Waals surface area contributed by atoms with Crippen LogP contribution >= 0.6 is 12.1 Å². The first-order valence-electron chi connectivity index (χ1n) is 12.2. The molecule has 2 unspecified atom stereocenters. The smallest absolute Gasteiger partial charge is 0.150 e. The maximum absolute atomic E-state index is 11.8. The van der Waals surface area contributed by atoms with E-state index in [9.17, 15) is 8.68 Å². The third kappa shape index (κ3) is 9.51. The van der Waals surface area contributed by atoms with Gasteiger partial charge < -0.3 is 5.32 Å². The molecule has 2 atom stereocenters. The van der Waals surface area contributed by atoms with E-state index in [0.717, 1.165) is 18.5 Å². The summed E-state index contributed by atoms with van der Waals surface area (Å²) < 4.78 is 11.8. The topological polar surface area (TPSA) is 53.8 Å². The second kappa shape index (κ2) is 17.2. The highest BCUT2D eigenvalue weighted by atomic mass is 32.2. The van der Waals surface area contributed by atoms with E-state index in [4.69, 9.17) is 0 Å². The molecule has 0 radical (unpaired) electrons. The Morgan fingerprint density at radius 1 is 1.03 bits per heavy atom. The van der Waals surface area contributed by atoms with Gasteiger partial charge in [0.05, 0.1) is 17.9 Å². The molecule has 6 heteroatoms. The Morgan fingerprint density at radius 3 is 2.21 bits per heavy atom. The lowest BCUT2D eigenvalue weighted by atomic mass is 9.79. The molecular weight excluding hydrogens is 445 g/mol. The fourth-order valence-corrected chi connectivity index (χ4v) is 3.93. The maximum Gasteiger partial charge on any atom is 0.150 e. The molecule has 0 saturated carbocycles. The standard InChI is InChI=1S/C19H29N3.C7H5FOS.C2H6/c1-5-6-7-8-18-14(2)15(3)21-22-19(18)17-11-9-16(10-12-17)13-20-4;8-10-7-3-1-6(5-9)2-4-7;1-2/h9-12,14,18,20H,5-8,13H2,1-4H3;1-5H;1-2H3. The zero-order valence-electron chi connectivity index (χ0n) is 21.5. The highest BCUT2D eigenvalue weighted by Crippen LogP contribution is 2.29. The van der Waals surface area contributed by atoms with Crippen LogP contribution in [0, 0.1) is 11.8 Å². The Bertz CT molecular complexity index is 895. The van der Waals surface area contributed by atoms with Crippen LogP contribution in [0.4, 0.5) is 3.89 Å². The minimum atomic E-state index is 0.172. The summed E-state index contributed by atoms with van der Waals surface area (Å²) >= 11 is 0.172. The van der Waals surface area contributed by atoms with E-state index in [1.165, 1.54) is 42.5 Å². The summed E-state index contributed by atoms with van der Waals surface area (Å²) in [6.07, 6.45) is 5.77. The van der Waals surface area contributed by atoms with Crippen LogP contribution in [0.5, 0.6) is 0 Å². The summed E-state index contributed by atoms with van der Waals surface area (Å²) in [7, 11) is 1.97. The lowest BCUT2D eigenvalue weighted by Gasteiger charge is -2.28. The van der Waals surface area contributed by atoms with Gasteiger partial charge in [0, 0.05) is 34.6 Å². The molecule has 2 aromatic carbocycles. The van der Waals surface area contributed by atoms with Crippen molar-refractivity contribution in [3.8, 4) is 0 Å². The SMILES string of the molecule is CC.CCCCCC1C(c2ccc(CNC)cc2)=NN=C(C)C1C.O=Cc1ccc(SF)cc1. The Kier molecular flexibility index (Phi) is 15.0. The van der Waals surface area contributed by atoms with Crippen LogP contribution in [0.1, 0.15) is 81.8 Å². The van der Waals surface area contributed by atoms with Crippen molar-refractivity contribution in [1.82, 2.24) is 5.32 Å². The van der Waals surface area contributed by atoms with Gasteiger partial charge in [-0.1, -0.05) is 83.4 Å². The quantitative estimate of drug-likeness (QED) is 0.290. The first kappa shape index (κ1) is 29.7. The van der Waals surface area contributed by atoms with Crippen LogP contribution in [0.25, 0.3) is 0 Å². The number of rotatable bonds is 9. The van der Waals surface area contributed by atoms with Crippen molar-refractivity contribution in [3.63, 3.8) is 0 Å². The van der Waals surface area contributed by atoms with E-state index >= 15 is 0 Å². The number of nitrogens with one attached hydrogen (secondary N) is 1. The second-order valence-corrected chi connectivity index (χ2v) is 8.73. The van der Waals surface area contributed by atoms with Gasteiger partial charge in [0.2, 0.25) is 0 Å². The van der Waals surface area contributed by atoms with Crippen LogP contribution in [-0.4, -0.2) is 24.8 Å². The predicted octanol–water partition coefficient (Wildman–Crippen LogP) is 7.92. The molecular formula is C28H40FN3OS. The lowest BCUT2D eigenvalue weighted by Crippen LogP contribution is -2.30. The molecule has 1 heterocycles. The van der Waals surface area contributed by atoms with Crippen LogP contribution < -0.4 is 5.32 Å². The molecule has 4 nitrogen and oxygen atoms in total. The summed E-state index contributed by atoms with van der Waals surface area (Å²) in [5, 5.41) is 12.1. The van der Waals surface area contributed by atoms with Gasteiger partial charge in [0.1, 0.15) is 6.29 Å². The van der Waals surface area contributed by atoms with Crippen molar-refractivity contribution in [2.45, 2.75) is 71.7 Å². The number of carbonyl (C=O) groups excluding carboxylic acids is 1. The van der Waals surface area contributed by atoms with Gasteiger partial charge in [-0.2, -0.15) is 14.1 Å². The first-order chi connectivity index (χ1) is 16.5. The lowest BCUT2D eigenvalue weighted by molar-refractivity contribution is 0.112. The summed E-state index contributed by atoms with van der Waals surface area (Å²) in [6.45, 7) is 11.6. The zero-order valence-corrected chi connectivity index (χ0v) is 22.3. The number of carbonyl (C=O) groups is 1. The van der Waals surface area contributed by atoms with Gasteiger partial charge in [-0.15, -0.1) is 0 Å². The monoisotopic (exact) mass is 485 g/mol. The Labute approximate surface area is 209 Å². The predicted molar refractivity (Wildman–Crippen MR) is 146 cm³/mol. The van der Waals surface area contributed by atoms with E-state index in [1.54, 1.807) is 24.3 Å². The molecule has 0 aliphatic carbocycles. The molecule has 34 heavy (non-hydrogen) atoms. The largest absolute Gasteiger partial charge is 0.316 e. The minimum absolute atomic E-state index is 0.172. The fraction of sp³-hybridized carbons (Fsp3) is 0.464. The number of hydrogen-bond acceptors (Lipinski definition) is 5. The van der Waals surface area contributed by atoms with Crippen molar-refractivity contribution in [2.75, 3.05) is 7.05 Å². The number of benzene rings is 2. The number of nitrogens with zero attached hydrogens (tertiary/aromatic N) is 2. The summed E-state index contributed by atoms with van der Waals surface area (Å²) in [4.78, 5) is 10.6. The molecule has 0 spiro atoms. The third-order valence-corrected chi connectivity index (χ3v) is 6.23. The normalized spacial score (nSPS) is 16.8. The molecule has 1 N–H and O–H groups in total. The Balaban J connectivity index is 0.000000402. The highest BCUT2D eigenvalue weighted by molar-refractivity contribution is 7.94. The van der Waals surface area contributed by atoms with Crippen molar-refractivity contribution in [1.29, 1.82) is 0 Å². The summed E-state index contributed by atoms with van der Waals surface area (Å²) in [5.41, 5.74) is 5.43. The highest BCUT2D eigenvalue weighted by Gasteiger charge is 2.28. The molecule has 0 aromatic heterocycles. The molecule has 1 aliphatic rings. The molecule has 186 valence electrons. The van der Waals surface area contributed by atoms with Crippen molar-refractivity contribution in [2.24, 2.45) is 22.0 Å². The average Bonchev–Trinajstić information content (AvgIpc) is 2.89. The Hall–Kier alpha value is -2.31. The van der Waals surface area contributed by atoms with Crippen molar-refractivity contribution in [3.05, 3.63) is 65.2 Å². The van der Waals surface area contributed by atoms with Crippen LogP contribution in [-0.2, 0) is 6.54 Å². The third-order valence-electron chi connectivity index (χ3n) is 5.78. The fourth-order valence-electron chi connectivity index (χ4n) is 3.69. The molecule has 1 aliphatic heterocycles. The van der Waals surface area contributed by atoms with Crippen molar-refractivity contribution < 1.29 is 8.68 Å². The van der Waals surface area contributed by atoms with Gasteiger partial charge in [0.25, 0.3) is 0 Å². The zero-order chi connectivity index (χ0) is 25.3. The summed E-state index contributed by atoms with van der Waals surface area (Å²) in [5.74, 6) is 0.987. The minimum Gasteiger partial charge on any atom is -0.316 e. The maximum atomic E-state index is 11.8. The average molecular weight is 486 g/mol.